The number of methoxy groups -OCH3 is 2. The molecule has 0 saturated carbocycles. The third kappa shape index (κ3) is 5.37. The molecule has 0 aliphatic rings. The fourth-order valence-electron chi connectivity index (χ4n) is 2.80. The summed E-state index contributed by atoms with van der Waals surface area (Å²) in [6.45, 7) is 1.47. The van der Waals surface area contributed by atoms with E-state index < -0.39 is 0 Å². The lowest BCUT2D eigenvalue weighted by Crippen LogP contribution is -2.28. The summed E-state index contributed by atoms with van der Waals surface area (Å²) in [5.74, 6) is 0.785. The van der Waals surface area contributed by atoms with E-state index in [9.17, 15) is 9.59 Å². The minimum atomic E-state index is -0.112. The average molecular weight is 434 g/mol. The van der Waals surface area contributed by atoms with Crippen LogP contribution in [0.25, 0.3) is 10.2 Å². The van der Waals surface area contributed by atoms with E-state index in [1.54, 1.807) is 18.8 Å². The summed E-state index contributed by atoms with van der Waals surface area (Å²) < 4.78 is 12.6. The number of carbonyl (C=O) groups excluding carboxylic acids is 1. The van der Waals surface area contributed by atoms with Gasteiger partial charge in [0.2, 0.25) is 5.91 Å². The molecule has 0 fully saturated rings. The molecule has 0 radical (unpaired) electrons. The molecule has 0 unspecified atom stereocenters. The van der Waals surface area contributed by atoms with E-state index >= 15 is 0 Å². The topological polar surface area (TPSA) is 82.5 Å². The number of carbonyl (C=O) groups is 1. The number of thiophene rings is 1. The van der Waals surface area contributed by atoms with Crippen molar-refractivity contribution in [3.63, 3.8) is 0 Å². The summed E-state index contributed by atoms with van der Waals surface area (Å²) in [6.07, 6.45) is 0.754. The number of nitrogens with zero attached hydrogens (tertiary/aromatic N) is 2. The summed E-state index contributed by atoms with van der Waals surface area (Å²) in [5.41, 5.74) is 1.42. The Labute approximate surface area is 177 Å². The number of rotatable bonds is 10. The maximum absolute atomic E-state index is 13.1. The Hall–Kier alpha value is -2.36. The fraction of sp³-hybridized carbons (Fsp3) is 0.350. The van der Waals surface area contributed by atoms with Gasteiger partial charge in [-0.1, -0.05) is 30.0 Å². The standard InChI is InChI=1S/C20H23N3O4S2/c1-26-10-5-9-21-17(24)13-29-20-22-15-8-11-28-18(15)19(25)23(20)12-14-6-3-4-7-16(14)27-2/h3-4,6-8,11H,5,9-10,12-13H2,1-2H3,(H,21,24). The zero-order valence-corrected chi connectivity index (χ0v) is 18.0. The summed E-state index contributed by atoms with van der Waals surface area (Å²) in [5, 5.41) is 5.21. The Morgan fingerprint density at radius 1 is 1.28 bits per heavy atom. The zero-order chi connectivity index (χ0) is 20.6. The van der Waals surface area contributed by atoms with Gasteiger partial charge >= 0.3 is 0 Å². The molecule has 0 saturated heterocycles. The summed E-state index contributed by atoms with van der Waals surface area (Å²) in [7, 11) is 3.23. The van der Waals surface area contributed by atoms with E-state index in [4.69, 9.17) is 9.47 Å². The minimum Gasteiger partial charge on any atom is -0.496 e. The van der Waals surface area contributed by atoms with Crippen LogP contribution in [0, 0.1) is 0 Å². The highest BCUT2D eigenvalue weighted by atomic mass is 32.2. The van der Waals surface area contributed by atoms with Crippen molar-refractivity contribution in [1.82, 2.24) is 14.9 Å². The van der Waals surface area contributed by atoms with E-state index in [2.05, 4.69) is 10.3 Å². The van der Waals surface area contributed by atoms with E-state index in [1.165, 1.54) is 23.1 Å². The molecule has 29 heavy (non-hydrogen) atoms. The Morgan fingerprint density at radius 3 is 2.90 bits per heavy atom. The molecule has 3 aromatic rings. The summed E-state index contributed by atoms with van der Waals surface area (Å²) >= 11 is 2.63. The Bertz CT molecular complexity index is 1030. The van der Waals surface area contributed by atoms with Gasteiger partial charge in [0, 0.05) is 25.8 Å². The molecule has 0 aliphatic carbocycles. The van der Waals surface area contributed by atoms with Crippen molar-refractivity contribution in [2.45, 2.75) is 18.1 Å². The van der Waals surface area contributed by atoms with Crippen LogP contribution in [0.1, 0.15) is 12.0 Å². The number of nitrogens with one attached hydrogen (secondary N) is 1. The average Bonchev–Trinajstić information content (AvgIpc) is 3.21. The normalized spacial score (nSPS) is 11.0. The highest BCUT2D eigenvalue weighted by molar-refractivity contribution is 7.99. The zero-order valence-electron chi connectivity index (χ0n) is 16.3. The number of para-hydroxylation sites is 1. The molecular formula is C20H23N3O4S2. The van der Waals surface area contributed by atoms with Crippen LogP contribution in [0.15, 0.2) is 45.7 Å². The van der Waals surface area contributed by atoms with E-state index in [0.717, 1.165) is 12.0 Å². The van der Waals surface area contributed by atoms with Crippen molar-refractivity contribution in [1.29, 1.82) is 0 Å². The quantitative estimate of drug-likeness (QED) is 0.301. The number of thioether (sulfide) groups is 1. The van der Waals surface area contributed by atoms with Gasteiger partial charge in [0.1, 0.15) is 10.4 Å². The maximum atomic E-state index is 13.1. The molecule has 154 valence electrons. The molecule has 2 aromatic heterocycles. The van der Waals surface area contributed by atoms with Gasteiger partial charge in [-0.05, 0) is 23.9 Å². The molecule has 2 heterocycles. The molecule has 0 aliphatic heterocycles. The van der Waals surface area contributed by atoms with Gasteiger partial charge in [0.25, 0.3) is 5.56 Å². The van der Waals surface area contributed by atoms with Crippen molar-refractivity contribution in [3.05, 3.63) is 51.6 Å². The highest BCUT2D eigenvalue weighted by Crippen LogP contribution is 2.24. The third-order valence-electron chi connectivity index (χ3n) is 4.23. The molecule has 7 nitrogen and oxygen atoms in total. The van der Waals surface area contributed by atoms with Gasteiger partial charge in [-0.15, -0.1) is 11.3 Å². The van der Waals surface area contributed by atoms with Crippen molar-refractivity contribution >= 4 is 39.2 Å². The van der Waals surface area contributed by atoms with Crippen molar-refractivity contribution < 1.29 is 14.3 Å². The highest BCUT2D eigenvalue weighted by Gasteiger charge is 2.16. The van der Waals surface area contributed by atoms with Crippen LogP contribution >= 0.6 is 23.1 Å². The number of hydrogen-bond acceptors (Lipinski definition) is 7. The summed E-state index contributed by atoms with van der Waals surface area (Å²) in [4.78, 5) is 29.8. The molecule has 1 amide bonds. The second-order valence-corrected chi connectivity index (χ2v) is 8.08. The predicted molar refractivity (Wildman–Crippen MR) is 116 cm³/mol. The molecule has 0 atom stereocenters. The molecule has 0 spiro atoms. The maximum Gasteiger partial charge on any atom is 0.272 e. The molecular weight excluding hydrogens is 410 g/mol. The summed E-state index contributed by atoms with van der Waals surface area (Å²) in [6, 6.07) is 9.39. The van der Waals surface area contributed by atoms with Gasteiger partial charge in [-0.25, -0.2) is 4.98 Å². The lowest BCUT2D eigenvalue weighted by molar-refractivity contribution is -0.118. The van der Waals surface area contributed by atoms with Gasteiger partial charge in [0.15, 0.2) is 5.16 Å². The largest absolute Gasteiger partial charge is 0.496 e. The van der Waals surface area contributed by atoms with Gasteiger partial charge in [-0.2, -0.15) is 0 Å². The molecule has 0 bridgehead atoms. The number of fused-ring (bicyclic) bond motifs is 1. The van der Waals surface area contributed by atoms with Crippen LogP contribution < -0.4 is 15.6 Å². The van der Waals surface area contributed by atoms with E-state index in [1.807, 2.05) is 35.7 Å². The van der Waals surface area contributed by atoms with Gasteiger partial charge < -0.3 is 14.8 Å². The van der Waals surface area contributed by atoms with Crippen LogP contribution in [-0.2, 0) is 16.1 Å². The first-order chi connectivity index (χ1) is 14.1. The number of hydrogen-bond donors (Lipinski definition) is 1. The Morgan fingerprint density at radius 2 is 2.10 bits per heavy atom. The SMILES string of the molecule is COCCCNC(=O)CSc1nc2ccsc2c(=O)n1Cc1ccccc1OC. The predicted octanol–water partition coefficient (Wildman–Crippen LogP) is 2.76. The third-order valence-corrected chi connectivity index (χ3v) is 6.10. The smallest absolute Gasteiger partial charge is 0.272 e. The lowest BCUT2D eigenvalue weighted by Gasteiger charge is -2.14. The van der Waals surface area contributed by atoms with Gasteiger partial charge in [0.05, 0.1) is 24.9 Å². The van der Waals surface area contributed by atoms with Crippen molar-refractivity contribution in [2.24, 2.45) is 0 Å². The van der Waals surface area contributed by atoms with E-state index in [-0.39, 0.29) is 17.2 Å². The first-order valence-corrected chi connectivity index (χ1v) is 11.0. The number of benzene rings is 1. The van der Waals surface area contributed by atoms with Crippen molar-refractivity contribution in [3.8, 4) is 5.75 Å². The number of amides is 1. The van der Waals surface area contributed by atoms with Crippen LogP contribution in [0.4, 0.5) is 0 Å². The molecule has 1 N–H and O–H groups in total. The Balaban J connectivity index is 1.83. The second kappa shape index (κ2) is 10.4. The van der Waals surface area contributed by atoms with Gasteiger partial charge in [-0.3, -0.25) is 14.2 Å². The van der Waals surface area contributed by atoms with E-state index in [0.29, 0.717) is 40.8 Å². The minimum absolute atomic E-state index is 0.102. The fourth-order valence-corrected chi connectivity index (χ4v) is 4.41. The number of aromatic nitrogens is 2. The Kier molecular flexibility index (Phi) is 7.68. The lowest BCUT2D eigenvalue weighted by atomic mass is 10.2. The molecule has 1 aromatic carbocycles. The monoisotopic (exact) mass is 433 g/mol. The van der Waals surface area contributed by atoms with Crippen LogP contribution in [0.3, 0.4) is 0 Å². The van der Waals surface area contributed by atoms with Crippen molar-refractivity contribution in [2.75, 3.05) is 33.1 Å². The van der Waals surface area contributed by atoms with Crippen LogP contribution in [0.5, 0.6) is 5.75 Å². The first kappa shape index (κ1) is 21.4. The van der Waals surface area contributed by atoms with Crippen LogP contribution in [-0.4, -0.2) is 48.6 Å². The second-order valence-electron chi connectivity index (χ2n) is 6.22. The van der Waals surface area contributed by atoms with Crippen LogP contribution in [0.2, 0.25) is 0 Å². The molecule has 9 heteroatoms. The first-order valence-electron chi connectivity index (χ1n) is 9.12. The molecule has 3 rings (SSSR count). The number of ether oxygens (including phenoxy) is 2.